The SMILES string of the molecule is CCCCCNC(=O)[C@@H](N)Cc1ccc(OC(=O)OCc2ccccc2Br)cc1. The molecule has 0 aliphatic rings. The van der Waals surface area contributed by atoms with Gasteiger partial charge >= 0.3 is 6.16 Å². The highest BCUT2D eigenvalue weighted by Crippen LogP contribution is 2.18. The van der Waals surface area contributed by atoms with E-state index < -0.39 is 12.2 Å². The van der Waals surface area contributed by atoms with Gasteiger partial charge in [-0.05, 0) is 36.6 Å². The fraction of sp³-hybridized carbons (Fsp3) is 0.364. The van der Waals surface area contributed by atoms with E-state index in [1.165, 1.54) is 0 Å². The van der Waals surface area contributed by atoms with Gasteiger partial charge in [0.15, 0.2) is 0 Å². The summed E-state index contributed by atoms with van der Waals surface area (Å²) in [6.07, 6.45) is 2.78. The van der Waals surface area contributed by atoms with Crippen LogP contribution in [0.5, 0.6) is 5.75 Å². The number of unbranched alkanes of at least 4 members (excludes halogenated alkanes) is 2. The summed E-state index contributed by atoms with van der Waals surface area (Å²) in [5, 5.41) is 2.85. The normalized spacial score (nSPS) is 11.6. The molecule has 6 nitrogen and oxygen atoms in total. The summed E-state index contributed by atoms with van der Waals surface area (Å²) in [7, 11) is 0. The molecule has 0 fully saturated rings. The van der Waals surface area contributed by atoms with Gasteiger partial charge in [0.05, 0.1) is 6.04 Å². The Hall–Kier alpha value is -2.38. The fourth-order valence-corrected chi connectivity index (χ4v) is 3.03. The molecule has 29 heavy (non-hydrogen) atoms. The summed E-state index contributed by atoms with van der Waals surface area (Å²) in [6.45, 7) is 2.87. The Morgan fingerprint density at radius 1 is 1.10 bits per heavy atom. The van der Waals surface area contributed by atoms with E-state index in [1.54, 1.807) is 24.3 Å². The van der Waals surface area contributed by atoms with Crippen LogP contribution in [0, 0.1) is 0 Å². The average molecular weight is 463 g/mol. The van der Waals surface area contributed by atoms with E-state index in [1.807, 2.05) is 24.3 Å². The Kier molecular flexibility index (Phi) is 9.67. The molecule has 2 aromatic carbocycles. The third-order valence-corrected chi connectivity index (χ3v) is 5.07. The minimum Gasteiger partial charge on any atom is -0.429 e. The summed E-state index contributed by atoms with van der Waals surface area (Å²) in [5.74, 6) is 0.209. The lowest BCUT2D eigenvalue weighted by Crippen LogP contribution is -2.42. The summed E-state index contributed by atoms with van der Waals surface area (Å²) in [4.78, 5) is 23.9. The van der Waals surface area contributed by atoms with E-state index in [4.69, 9.17) is 15.2 Å². The number of halogens is 1. The third kappa shape index (κ3) is 8.25. The van der Waals surface area contributed by atoms with Crippen molar-refractivity contribution in [3.63, 3.8) is 0 Å². The number of nitrogens with one attached hydrogen (secondary N) is 1. The molecule has 0 saturated heterocycles. The van der Waals surface area contributed by atoms with Crippen LogP contribution in [0.25, 0.3) is 0 Å². The molecule has 156 valence electrons. The minimum absolute atomic E-state index is 0.112. The second-order valence-corrected chi connectivity index (χ2v) is 7.54. The number of nitrogens with two attached hydrogens (primary N) is 1. The van der Waals surface area contributed by atoms with Crippen LogP contribution in [0.3, 0.4) is 0 Å². The van der Waals surface area contributed by atoms with Crippen LogP contribution in [0.4, 0.5) is 4.79 Å². The summed E-state index contributed by atoms with van der Waals surface area (Å²) in [6, 6.07) is 13.7. The number of carbonyl (C=O) groups excluding carboxylic acids is 2. The monoisotopic (exact) mass is 462 g/mol. The van der Waals surface area contributed by atoms with Crippen molar-refractivity contribution in [3.05, 3.63) is 64.1 Å². The maximum atomic E-state index is 12.0. The van der Waals surface area contributed by atoms with Gasteiger partial charge in [-0.3, -0.25) is 4.79 Å². The molecule has 1 amide bonds. The molecule has 0 radical (unpaired) electrons. The molecule has 0 heterocycles. The molecule has 0 aliphatic heterocycles. The maximum Gasteiger partial charge on any atom is 0.514 e. The van der Waals surface area contributed by atoms with E-state index in [9.17, 15) is 9.59 Å². The molecule has 0 unspecified atom stereocenters. The number of rotatable bonds is 10. The predicted molar refractivity (Wildman–Crippen MR) is 116 cm³/mol. The predicted octanol–water partition coefficient (Wildman–Crippen LogP) is 4.34. The van der Waals surface area contributed by atoms with Gasteiger partial charge in [0.1, 0.15) is 12.4 Å². The summed E-state index contributed by atoms with van der Waals surface area (Å²) in [5.41, 5.74) is 7.70. The molecule has 3 N–H and O–H groups in total. The zero-order valence-electron chi connectivity index (χ0n) is 16.5. The smallest absolute Gasteiger partial charge is 0.429 e. The van der Waals surface area contributed by atoms with Gasteiger partial charge in [0, 0.05) is 16.6 Å². The van der Waals surface area contributed by atoms with Crippen LogP contribution in [0.1, 0.15) is 37.3 Å². The number of benzene rings is 2. The van der Waals surface area contributed by atoms with Gasteiger partial charge in [0.2, 0.25) is 5.91 Å². The van der Waals surface area contributed by atoms with Gasteiger partial charge < -0.3 is 20.5 Å². The molecule has 2 rings (SSSR count). The van der Waals surface area contributed by atoms with Crippen molar-refractivity contribution in [2.75, 3.05) is 6.54 Å². The second-order valence-electron chi connectivity index (χ2n) is 6.68. The van der Waals surface area contributed by atoms with E-state index in [0.29, 0.717) is 18.7 Å². The lowest BCUT2D eigenvalue weighted by molar-refractivity contribution is -0.122. The highest BCUT2D eigenvalue weighted by Gasteiger charge is 2.14. The van der Waals surface area contributed by atoms with E-state index >= 15 is 0 Å². The number of hydrogen-bond donors (Lipinski definition) is 2. The number of carbonyl (C=O) groups is 2. The van der Waals surface area contributed by atoms with Crippen LogP contribution >= 0.6 is 15.9 Å². The lowest BCUT2D eigenvalue weighted by atomic mass is 10.1. The average Bonchev–Trinajstić information content (AvgIpc) is 2.72. The van der Waals surface area contributed by atoms with Crippen molar-refractivity contribution >= 4 is 28.0 Å². The zero-order chi connectivity index (χ0) is 21.1. The minimum atomic E-state index is -0.781. The molecule has 7 heteroatoms. The van der Waals surface area contributed by atoms with Crippen molar-refractivity contribution in [2.24, 2.45) is 5.73 Å². The number of amides is 1. The highest BCUT2D eigenvalue weighted by molar-refractivity contribution is 9.10. The second kappa shape index (κ2) is 12.2. The first kappa shape index (κ1) is 22.9. The van der Waals surface area contributed by atoms with Crippen molar-refractivity contribution < 1.29 is 19.1 Å². The molecular weight excluding hydrogens is 436 g/mol. The molecule has 1 atom stereocenters. The zero-order valence-corrected chi connectivity index (χ0v) is 18.1. The van der Waals surface area contributed by atoms with Gasteiger partial charge in [-0.1, -0.05) is 66.0 Å². The number of hydrogen-bond acceptors (Lipinski definition) is 5. The highest BCUT2D eigenvalue weighted by atomic mass is 79.9. The lowest BCUT2D eigenvalue weighted by Gasteiger charge is -2.12. The summed E-state index contributed by atoms with van der Waals surface area (Å²) >= 11 is 3.40. The van der Waals surface area contributed by atoms with Crippen LogP contribution in [0.15, 0.2) is 53.0 Å². The molecular formula is C22H27BrN2O4. The molecule has 0 saturated carbocycles. The van der Waals surface area contributed by atoms with E-state index in [0.717, 1.165) is 34.9 Å². The Morgan fingerprint density at radius 2 is 1.83 bits per heavy atom. The Labute approximate surface area is 179 Å². The standard InChI is InChI=1S/C22H27BrN2O4/c1-2-3-6-13-25-21(26)20(24)14-16-9-11-18(12-10-16)29-22(27)28-15-17-7-4-5-8-19(17)23/h4-5,7-12,20H,2-3,6,13-15,24H2,1H3,(H,25,26)/t20-/m0/s1. The van der Waals surface area contributed by atoms with Crippen molar-refractivity contribution in [2.45, 2.75) is 45.3 Å². The first-order valence-corrected chi connectivity index (χ1v) is 10.5. The van der Waals surface area contributed by atoms with Gasteiger partial charge in [-0.25, -0.2) is 4.79 Å². The largest absolute Gasteiger partial charge is 0.514 e. The van der Waals surface area contributed by atoms with E-state index in [-0.39, 0.29) is 12.5 Å². The Bertz CT molecular complexity index is 796. The maximum absolute atomic E-state index is 12.0. The molecule has 0 bridgehead atoms. The van der Waals surface area contributed by atoms with Crippen LogP contribution in [-0.4, -0.2) is 24.6 Å². The van der Waals surface area contributed by atoms with Gasteiger partial charge in [0.25, 0.3) is 0 Å². The van der Waals surface area contributed by atoms with E-state index in [2.05, 4.69) is 28.2 Å². The first-order chi connectivity index (χ1) is 14.0. The first-order valence-electron chi connectivity index (χ1n) is 9.70. The third-order valence-electron chi connectivity index (χ3n) is 4.30. The van der Waals surface area contributed by atoms with Crippen LogP contribution in [-0.2, 0) is 22.6 Å². The number of ether oxygens (including phenoxy) is 2. The van der Waals surface area contributed by atoms with Gasteiger partial charge in [-0.15, -0.1) is 0 Å². The van der Waals surface area contributed by atoms with Crippen molar-refractivity contribution in [1.29, 1.82) is 0 Å². The molecule has 0 aliphatic carbocycles. The topological polar surface area (TPSA) is 90.7 Å². The van der Waals surface area contributed by atoms with Gasteiger partial charge in [-0.2, -0.15) is 0 Å². The van der Waals surface area contributed by atoms with Crippen molar-refractivity contribution in [1.82, 2.24) is 5.32 Å². The molecule has 0 spiro atoms. The fourth-order valence-electron chi connectivity index (χ4n) is 2.64. The van der Waals surface area contributed by atoms with Crippen molar-refractivity contribution in [3.8, 4) is 5.75 Å². The van der Waals surface area contributed by atoms with Crippen LogP contribution in [0.2, 0.25) is 0 Å². The van der Waals surface area contributed by atoms with Crippen LogP contribution < -0.4 is 15.8 Å². The quantitative estimate of drug-likeness (QED) is 0.311. The summed E-state index contributed by atoms with van der Waals surface area (Å²) < 4.78 is 11.2. The molecule has 0 aromatic heterocycles. The Balaban J connectivity index is 1.76. The Morgan fingerprint density at radius 3 is 2.52 bits per heavy atom. The molecule has 2 aromatic rings.